The number of halogens is 1. The summed E-state index contributed by atoms with van der Waals surface area (Å²) in [6, 6.07) is 3.51. The van der Waals surface area contributed by atoms with E-state index in [0.29, 0.717) is 29.6 Å². The molecule has 3 aromatic rings. The van der Waals surface area contributed by atoms with Gasteiger partial charge in [0, 0.05) is 19.2 Å². The number of carbonyl (C=O) groups excluding carboxylic acids is 2. The lowest BCUT2D eigenvalue weighted by atomic mass is 10.3. The van der Waals surface area contributed by atoms with Gasteiger partial charge in [-0.25, -0.2) is 0 Å². The highest BCUT2D eigenvalue weighted by Crippen LogP contribution is 2.19. The summed E-state index contributed by atoms with van der Waals surface area (Å²) in [5, 5.41) is 14.7. The number of aromatic nitrogens is 4. The largest absolute Gasteiger partial charge is 0.467 e. The van der Waals surface area contributed by atoms with Crippen LogP contribution in [-0.4, -0.2) is 31.4 Å². The van der Waals surface area contributed by atoms with E-state index in [4.69, 9.17) is 16.0 Å². The second-order valence-electron chi connectivity index (χ2n) is 6.52. The van der Waals surface area contributed by atoms with Crippen LogP contribution in [0.1, 0.15) is 41.0 Å². The molecule has 154 valence electrons. The van der Waals surface area contributed by atoms with Gasteiger partial charge in [-0.05, 0) is 32.9 Å². The molecule has 0 saturated carbocycles. The third-order valence-corrected chi connectivity index (χ3v) is 4.97. The smallest absolute Gasteiger partial charge is 0.274 e. The van der Waals surface area contributed by atoms with Crippen LogP contribution < -0.4 is 10.6 Å². The highest BCUT2D eigenvalue weighted by Gasteiger charge is 2.19. The number of aryl methyl sites for hydroxylation is 3. The van der Waals surface area contributed by atoms with Gasteiger partial charge in [-0.1, -0.05) is 11.6 Å². The van der Waals surface area contributed by atoms with E-state index >= 15 is 0 Å². The van der Waals surface area contributed by atoms with E-state index < -0.39 is 5.91 Å². The molecule has 0 aliphatic rings. The molecule has 0 saturated heterocycles. The molecule has 2 N–H and O–H groups in total. The molecular formula is C19H23ClN6O3. The van der Waals surface area contributed by atoms with Crippen molar-refractivity contribution in [2.45, 2.75) is 46.8 Å². The zero-order valence-electron chi connectivity index (χ0n) is 16.5. The molecule has 0 unspecified atom stereocenters. The highest BCUT2D eigenvalue weighted by atomic mass is 35.5. The minimum absolute atomic E-state index is 0.154. The van der Waals surface area contributed by atoms with Gasteiger partial charge in [0.2, 0.25) is 5.91 Å². The van der Waals surface area contributed by atoms with Crippen molar-refractivity contribution in [3.05, 3.63) is 52.5 Å². The van der Waals surface area contributed by atoms with Crippen LogP contribution in [0.2, 0.25) is 5.02 Å². The Morgan fingerprint density at radius 3 is 2.69 bits per heavy atom. The van der Waals surface area contributed by atoms with Crippen LogP contribution in [-0.2, 0) is 24.4 Å². The summed E-state index contributed by atoms with van der Waals surface area (Å²) in [5.41, 5.74) is 2.05. The van der Waals surface area contributed by atoms with Crippen LogP contribution in [0.4, 0.5) is 5.69 Å². The van der Waals surface area contributed by atoms with Crippen molar-refractivity contribution >= 4 is 29.1 Å². The van der Waals surface area contributed by atoms with Gasteiger partial charge in [0.1, 0.15) is 5.76 Å². The Hall–Kier alpha value is -3.07. The first-order chi connectivity index (χ1) is 13.9. The minimum Gasteiger partial charge on any atom is -0.467 e. The molecule has 0 aliphatic carbocycles. The Morgan fingerprint density at radius 1 is 1.28 bits per heavy atom. The second-order valence-corrected chi connectivity index (χ2v) is 6.89. The lowest BCUT2D eigenvalue weighted by molar-refractivity contribution is -0.116. The van der Waals surface area contributed by atoms with Crippen LogP contribution in [0.25, 0.3) is 0 Å². The summed E-state index contributed by atoms with van der Waals surface area (Å²) in [6.07, 6.45) is 3.36. The monoisotopic (exact) mass is 418 g/mol. The summed E-state index contributed by atoms with van der Waals surface area (Å²) in [5.74, 6) is -0.0129. The first-order valence-electron chi connectivity index (χ1n) is 9.26. The Bertz CT molecular complexity index is 1010. The molecule has 2 amide bonds. The van der Waals surface area contributed by atoms with E-state index in [1.807, 2.05) is 20.8 Å². The van der Waals surface area contributed by atoms with Gasteiger partial charge in [0.15, 0.2) is 5.69 Å². The van der Waals surface area contributed by atoms with Gasteiger partial charge in [-0.3, -0.25) is 19.0 Å². The number of hydrogen-bond donors (Lipinski definition) is 2. The fourth-order valence-electron chi connectivity index (χ4n) is 2.82. The molecule has 0 radical (unpaired) electrons. The maximum atomic E-state index is 12.5. The number of nitrogens with one attached hydrogen (secondary N) is 2. The van der Waals surface area contributed by atoms with E-state index in [2.05, 4.69) is 20.8 Å². The van der Waals surface area contributed by atoms with Crippen molar-refractivity contribution in [2.24, 2.45) is 0 Å². The Labute approximate surface area is 173 Å². The fraction of sp³-hybridized carbons (Fsp3) is 0.368. The molecule has 3 aromatic heterocycles. The molecular weight excluding hydrogens is 396 g/mol. The Balaban J connectivity index is 1.64. The standard InChI is InChI=1S/C19H23ClN6O3/c1-4-25-11-15(18(24-25)19(28)21-10-14-6-5-9-29-14)22-16(27)7-8-26-13(3)17(20)12(2)23-26/h5-6,9,11H,4,7-8,10H2,1-3H3,(H,21,28)(H,22,27). The molecule has 0 aromatic carbocycles. The van der Waals surface area contributed by atoms with Crippen LogP contribution in [0.15, 0.2) is 29.0 Å². The van der Waals surface area contributed by atoms with Crippen molar-refractivity contribution in [1.82, 2.24) is 24.9 Å². The van der Waals surface area contributed by atoms with Crippen LogP contribution >= 0.6 is 11.6 Å². The molecule has 0 bridgehead atoms. The van der Waals surface area contributed by atoms with E-state index in [1.54, 1.807) is 27.7 Å². The van der Waals surface area contributed by atoms with Crippen molar-refractivity contribution < 1.29 is 14.0 Å². The van der Waals surface area contributed by atoms with E-state index in [-0.39, 0.29) is 24.6 Å². The zero-order chi connectivity index (χ0) is 21.0. The number of hydrogen-bond acceptors (Lipinski definition) is 5. The van der Waals surface area contributed by atoms with Crippen molar-refractivity contribution in [3.8, 4) is 0 Å². The average Bonchev–Trinajstić information content (AvgIpc) is 3.42. The van der Waals surface area contributed by atoms with Crippen LogP contribution in [0.3, 0.4) is 0 Å². The molecule has 29 heavy (non-hydrogen) atoms. The van der Waals surface area contributed by atoms with Gasteiger partial charge >= 0.3 is 0 Å². The molecule has 0 fully saturated rings. The number of rotatable bonds is 8. The quantitative estimate of drug-likeness (QED) is 0.584. The minimum atomic E-state index is -0.394. The predicted molar refractivity (Wildman–Crippen MR) is 108 cm³/mol. The summed E-state index contributed by atoms with van der Waals surface area (Å²) in [4.78, 5) is 25.0. The van der Waals surface area contributed by atoms with Gasteiger partial charge < -0.3 is 15.1 Å². The van der Waals surface area contributed by atoms with Gasteiger partial charge in [0.25, 0.3) is 5.91 Å². The van der Waals surface area contributed by atoms with Crippen molar-refractivity contribution in [2.75, 3.05) is 5.32 Å². The first kappa shape index (κ1) is 20.7. The number of anilines is 1. The Kier molecular flexibility index (Phi) is 6.38. The third-order valence-electron chi connectivity index (χ3n) is 4.42. The number of amides is 2. The van der Waals surface area contributed by atoms with Gasteiger partial charge in [-0.2, -0.15) is 10.2 Å². The average molecular weight is 419 g/mol. The molecule has 0 aliphatic heterocycles. The van der Waals surface area contributed by atoms with E-state index in [9.17, 15) is 9.59 Å². The van der Waals surface area contributed by atoms with Crippen LogP contribution in [0.5, 0.6) is 0 Å². The Morgan fingerprint density at radius 2 is 2.07 bits per heavy atom. The van der Waals surface area contributed by atoms with Gasteiger partial charge in [-0.15, -0.1) is 0 Å². The maximum absolute atomic E-state index is 12.5. The first-order valence-corrected chi connectivity index (χ1v) is 9.64. The molecule has 0 spiro atoms. The van der Waals surface area contributed by atoms with E-state index in [1.165, 1.54) is 6.26 Å². The summed E-state index contributed by atoms with van der Waals surface area (Å²) < 4.78 is 8.50. The maximum Gasteiger partial charge on any atom is 0.274 e. The fourth-order valence-corrected chi connectivity index (χ4v) is 2.96. The lowest BCUT2D eigenvalue weighted by Crippen LogP contribution is -2.25. The normalized spacial score (nSPS) is 10.9. The zero-order valence-corrected chi connectivity index (χ0v) is 17.3. The van der Waals surface area contributed by atoms with E-state index in [0.717, 1.165) is 11.4 Å². The number of carbonyl (C=O) groups is 2. The predicted octanol–water partition coefficient (Wildman–Crippen LogP) is 2.92. The SMILES string of the molecule is CCn1cc(NC(=O)CCn2nc(C)c(Cl)c2C)c(C(=O)NCc2ccco2)n1. The van der Waals surface area contributed by atoms with Gasteiger partial charge in [0.05, 0.1) is 41.5 Å². The molecule has 3 rings (SSSR count). The molecule has 3 heterocycles. The number of furan rings is 1. The molecule has 9 nitrogen and oxygen atoms in total. The van der Waals surface area contributed by atoms with Crippen molar-refractivity contribution in [1.29, 1.82) is 0 Å². The highest BCUT2D eigenvalue weighted by molar-refractivity contribution is 6.31. The summed E-state index contributed by atoms with van der Waals surface area (Å²) in [6.45, 7) is 6.75. The topological polar surface area (TPSA) is 107 Å². The van der Waals surface area contributed by atoms with Crippen LogP contribution in [0, 0.1) is 13.8 Å². The summed E-state index contributed by atoms with van der Waals surface area (Å²) in [7, 11) is 0. The lowest BCUT2D eigenvalue weighted by Gasteiger charge is -2.07. The van der Waals surface area contributed by atoms with Crippen molar-refractivity contribution in [3.63, 3.8) is 0 Å². The second kappa shape index (κ2) is 8.95. The molecule has 10 heteroatoms. The summed E-state index contributed by atoms with van der Waals surface area (Å²) >= 11 is 6.14. The third kappa shape index (κ3) is 4.86. The number of nitrogens with zero attached hydrogens (tertiary/aromatic N) is 4. The molecule has 0 atom stereocenters.